The van der Waals surface area contributed by atoms with Gasteiger partial charge in [0, 0.05) is 58.2 Å². The molecule has 1 aliphatic rings. The number of likely N-dealkylation sites (tertiary alicyclic amines) is 1. The van der Waals surface area contributed by atoms with Crippen molar-refractivity contribution >= 4 is 40.7 Å². The fourth-order valence-electron chi connectivity index (χ4n) is 6.12. The minimum absolute atomic E-state index is 0.0475. The van der Waals surface area contributed by atoms with E-state index in [9.17, 15) is 19.5 Å². The third kappa shape index (κ3) is 15.5. The molecule has 1 aromatic carbocycles. The molecule has 3 rings (SSSR count). The molecule has 3 N–H and O–H groups in total. The second-order valence-electron chi connectivity index (χ2n) is 14.6. The first-order valence-corrected chi connectivity index (χ1v) is 20.2. The van der Waals surface area contributed by atoms with Gasteiger partial charge in [-0.05, 0) is 68.4 Å². The third-order valence-electron chi connectivity index (χ3n) is 9.15. The number of amides is 3. The van der Waals surface area contributed by atoms with E-state index in [4.69, 9.17) is 21.1 Å². The zero-order valence-electron chi connectivity index (χ0n) is 31.2. The first-order valence-electron chi connectivity index (χ1n) is 18.8. The summed E-state index contributed by atoms with van der Waals surface area (Å²) in [7, 11) is 0. The summed E-state index contributed by atoms with van der Waals surface area (Å²) in [6.45, 7) is 11.0. The molecule has 0 bridgehead atoms. The molecule has 1 aromatic heterocycles. The second kappa shape index (κ2) is 23.2. The predicted molar refractivity (Wildman–Crippen MR) is 205 cm³/mol. The predicted octanol–water partition coefficient (Wildman–Crippen LogP) is 6.79. The maximum atomic E-state index is 13.9. The topological polar surface area (TPSA) is 130 Å². The molecule has 1 saturated heterocycles. The van der Waals surface area contributed by atoms with Gasteiger partial charge in [0.1, 0.15) is 12.1 Å². The monoisotopic (exact) mass is 748 g/mol. The summed E-state index contributed by atoms with van der Waals surface area (Å²) >= 11 is 7.28. The zero-order valence-corrected chi connectivity index (χ0v) is 32.8. The molecule has 286 valence electrons. The van der Waals surface area contributed by atoms with E-state index in [-0.39, 0.29) is 30.7 Å². The van der Waals surface area contributed by atoms with Crippen molar-refractivity contribution in [2.45, 2.75) is 129 Å². The molecule has 0 radical (unpaired) electrons. The highest BCUT2D eigenvalue weighted by Crippen LogP contribution is 2.28. The molecule has 0 saturated carbocycles. The van der Waals surface area contributed by atoms with E-state index in [2.05, 4.69) is 15.6 Å². The lowest BCUT2D eigenvalue weighted by molar-refractivity contribution is -0.144. The van der Waals surface area contributed by atoms with Gasteiger partial charge in [-0.1, -0.05) is 64.3 Å². The first kappa shape index (κ1) is 42.8. The van der Waals surface area contributed by atoms with E-state index in [1.807, 2.05) is 57.5 Å². The maximum Gasteiger partial charge on any atom is 0.246 e. The molecule has 3 amide bonds. The van der Waals surface area contributed by atoms with Crippen LogP contribution in [0.15, 0.2) is 29.8 Å². The summed E-state index contributed by atoms with van der Waals surface area (Å²) in [5.41, 5.74) is 4.21. The Labute approximate surface area is 314 Å². The Balaban J connectivity index is 1.34. The number of aliphatic hydroxyl groups excluding tert-OH is 1. The molecule has 1 unspecified atom stereocenters. The van der Waals surface area contributed by atoms with Crippen LogP contribution in [0.3, 0.4) is 0 Å². The number of benzene rings is 1. The summed E-state index contributed by atoms with van der Waals surface area (Å²) in [6.07, 6.45) is 9.77. The summed E-state index contributed by atoms with van der Waals surface area (Å²) in [5.74, 6) is -0.126. The van der Waals surface area contributed by atoms with Crippen LogP contribution in [0.25, 0.3) is 10.4 Å². The van der Waals surface area contributed by atoms with Gasteiger partial charge in [0.15, 0.2) is 0 Å². The van der Waals surface area contributed by atoms with Crippen LogP contribution in [0.1, 0.15) is 109 Å². The number of aliphatic hydroxyl groups is 1. The standard InChI is InChI=1S/C39H61ClN4O6S/c1-29-35(51-28-42-29)31-18-16-30(17-19-31)26-41-37(47)33-25-32(45)27-44(33)38(48)36(39(2,3)4)43-34(46)15-9-7-12-22-50-24-14-8-13-23-49-21-11-6-5-10-20-40/h16-19,28,32-33,36,45H,5-15,20-27H2,1-4H3,(H,41,47)(H,43,46)/t32-,33+,36?/m1/s1. The Morgan fingerprint density at radius 3 is 2.10 bits per heavy atom. The van der Waals surface area contributed by atoms with Crippen molar-refractivity contribution < 1.29 is 29.0 Å². The highest BCUT2D eigenvalue weighted by atomic mass is 35.5. The number of β-amino-alcohol motifs (C(OH)–C–C–N with tert-alkyl or cyclic N) is 1. The van der Waals surface area contributed by atoms with Crippen LogP contribution in [0.2, 0.25) is 0 Å². The van der Waals surface area contributed by atoms with Crippen LogP contribution >= 0.6 is 22.9 Å². The van der Waals surface area contributed by atoms with Gasteiger partial charge in [-0.25, -0.2) is 4.98 Å². The van der Waals surface area contributed by atoms with Crippen molar-refractivity contribution in [1.82, 2.24) is 20.5 Å². The number of aromatic nitrogens is 1. The number of thiazole rings is 1. The maximum absolute atomic E-state index is 13.9. The summed E-state index contributed by atoms with van der Waals surface area (Å²) in [5, 5.41) is 16.4. The Morgan fingerprint density at radius 2 is 1.53 bits per heavy atom. The Hall–Kier alpha value is -2.57. The van der Waals surface area contributed by atoms with Gasteiger partial charge >= 0.3 is 0 Å². The van der Waals surface area contributed by atoms with Crippen LogP contribution in [-0.2, 0) is 30.4 Å². The van der Waals surface area contributed by atoms with Gasteiger partial charge in [-0.2, -0.15) is 0 Å². The van der Waals surface area contributed by atoms with Crippen LogP contribution in [0.5, 0.6) is 0 Å². The molecule has 3 atom stereocenters. The number of aryl methyl sites for hydroxylation is 1. The van der Waals surface area contributed by atoms with E-state index in [1.54, 1.807) is 11.3 Å². The number of nitrogens with zero attached hydrogens (tertiary/aromatic N) is 2. The molecule has 1 aliphatic heterocycles. The first-order chi connectivity index (χ1) is 24.5. The molecule has 0 aliphatic carbocycles. The van der Waals surface area contributed by atoms with Crippen LogP contribution in [0, 0.1) is 12.3 Å². The van der Waals surface area contributed by atoms with E-state index < -0.39 is 23.6 Å². The number of nitrogens with one attached hydrogen (secondary N) is 2. The fraction of sp³-hybridized carbons (Fsp3) is 0.692. The number of halogens is 1. The van der Waals surface area contributed by atoms with Gasteiger partial charge in [0.2, 0.25) is 17.7 Å². The van der Waals surface area contributed by atoms with Crippen molar-refractivity contribution in [2.75, 3.05) is 38.9 Å². The molecular weight excluding hydrogens is 688 g/mol. The largest absolute Gasteiger partial charge is 0.391 e. The minimum Gasteiger partial charge on any atom is -0.391 e. The Morgan fingerprint density at radius 1 is 0.941 bits per heavy atom. The number of carbonyl (C=O) groups is 3. The summed E-state index contributed by atoms with van der Waals surface area (Å²) in [6, 6.07) is 6.30. The van der Waals surface area contributed by atoms with Crippen molar-refractivity contribution in [3.05, 3.63) is 41.0 Å². The molecule has 2 aromatic rings. The highest BCUT2D eigenvalue weighted by molar-refractivity contribution is 7.13. The van der Waals surface area contributed by atoms with E-state index >= 15 is 0 Å². The van der Waals surface area contributed by atoms with Gasteiger partial charge in [0.25, 0.3) is 0 Å². The van der Waals surface area contributed by atoms with Gasteiger partial charge in [-0.15, -0.1) is 22.9 Å². The van der Waals surface area contributed by atoms with Crippen molar-refractivity contribution in [1.29, 1.82) is 0 Å². The molecule has 1 fully saturated rings. The SMILES string of the molecule is Cc1ncsc1-c1ccc(CNC(=O)[C@@H]2C[C@@H](O)CN2C(=O)C(NC(=O)CCCCCOCCCCCOCCCCCCCl)C(C)(C)C)cc1. The van der Waals surface area contributed by atoms with Crippen LogP contribution < -0.4 is 10.6 Å². The molecule has 0 spiro atoms. The van der Waals surface area contributed by atoms with Gasteiger partial charge in [0.05, 0.1) is 22.2 Å². The van der Waals surface area contributed by atoms with Crippen molar-refractivity contribution in [3.63, 3.8) is 0 Å². The molecule has 51 heavy (non-hydrogen) atoms. The summed E-state index contributed by atoms with van der Waals surface area (Å²) in [4.78, 5) is 47.0. The normalized spacial score (nSPS) is 16.7. The fourth-order valence-corrected chi connectivity index (χ4v) is 7.12. The minimum atomic E-state index is -0.830. The molecule has 2 heterocycles. The zero-order chi connectivity index (χ0) is 37.1. The average Bonchev–Trinajstić information content (AvgIpc) is 3.72. The lowest BCUT2D eigenvalue weighted by atomic mass is 9.85. The van der Waals surface area contributed by atoms with Crippen LogP contribution in [0.4, 0.5) is 0 Å². The number of hydrogen-bond acceptors (Lipinski definition) is 8. The van der Waals surface area contributed by atoms with E-state index in [1.165, 1.54) is 17.7 Å². The van der Waals surface area contributed by atoms with Crippen molar-refractivity contribution in [3.8, 4) is 10.4 Å². The van der Waals surface area contributed by atoms with Gasteiger partial charge in [-0.3, -0.25) is 14.4 Å². The van der Waals surface area contributed by atoms with Crippen LogP contribution in [-0.4, -0.2) is 89.8 Å². The average molecular weight is 749 g/mol. The highest BCUT2D eigenvalue weighted by Gasteiger charge is 2.44. The Bertz CT molecular complexity index is 1320. The number of hydrogen-bond donors (Lipinski definition) is 3. The smallest absolute Gasteiger partial charge is 0.246 e. The van der Waals surface area contributed by atoms with E-state index in [0.29, 0.717) is 26.0 Å². The quantitative estimate of drug-likeness (QED) is 0.0797. The lowest BCUT2D eigenvalue weighted by Crippen LogP contribution is -2.57. The Kier molecular flexibility index (Phi) is 19.5. The van der Waals surface area contributed by atoms with Gasteiger partial charge < -0.3 is 30.1 Å². The third-order valence-corrected chi connectivity index (χ3v) is 10.4. The van der Waals surface area contributed by atoms with Crippen molar-refractivity contribution in [2.24, 2.45) is 5.41 Å². The molecule has 10 nitrogen and oxygen atoms in total. The van der Waals surface area contributed by atoms with E-state index in [0.717, 1.165) is 92.3 Å². The lowest BCUT2D eigenvalue weighted by Gasteiger charge is -2.35. The molecule has 12 heteroatoms. The number of ether oxygens (including phenoxy) is 2. The summed E-state index contributed by atoms with van der Waals surface area (Å²) < 4.78 is 11.5. The number of carbonyl (C=O) groups excluding carboxylic acids is 3. The second-order valence-corrected chi connectivity index (χ2v) is 15.9. The molecular formula is C39H61ClN4O6S. The number of unbranched alkanes of at least 4 members (excludes halogenated alkanes) is 7. The number of rotatable bonds is 24. The number of alkyl halides is 1.